The summed E-state index contributed by atoms with van der Waals surface area (Å²) in [4.78, 5) is 25.9. The lowest BCUT2D eigenvalue weighted by Crippen LogP contribution is -2.28. The molecular weight excluding hydrogens is 327 g/mol. The number of thiophene rings is 1. The first-order valence-electron chi connectivity index (χ1n) is 7.53. The van der Waals surface area contributed by atoms with E-state index in [9.17, 15) is 14.0 Å². The van der Waals surface area contributed by atoms with Crippen LogP contribution >= 0.6 is 11.3 Å². The highest BCUT2D eigenvalue weighted by atomic mass is 32.1. The van der Waals surface area contributed by atoms with E-state index in [4.69, 9.17) is 0 Å². The Balaban J connectivity index is 1.97. The number of carbonyl (C=O) groups excluding carboxylic acids is 1. The summed E-state index contributed by atoms with van der Waals surface area (Å²) in [5.74, 6) is -0.612. The van der Waals surface area contributed by atoms with Crippen LogP contribution in [-0.2, 0) is 7.05 Å². The lowest BCUT2D eigenvalue weighted by Gasteiger charge is -2.14. The number of benzene rings is 1. The van der Waals surface area contributed by atoms with Crippen LogP contribution in [0, 0.1) is 12.7 Å². The zero-order valence-corrected chi connectivity index (χ0v) is 14.4. The maximum absolute atomic E-state index is 13.0. The maximum Gasteiger partial charge on any atom is 0.259 e. The summed E-state index contributed by atoms with van der Waals surface area (Å²) in [5, 5.41) is 3.35. The average Bonchev–Trinajstić information content (AvgIpc) is 2.88. The Morgan fingerprint density at radius 3 is 2.58 bits per heavy atom. The molecule has 0 saturated heterocycles. The molecule has 2 heterocycles. The Morgan fingerprint density at radius 2 is 1.92 bits per heavy atom. The zero-order chi connectivity index (χ0) is 17.4. The summed E-state index contributed by atoms with van der Waals surface area (Å²) in [6, 6.07) is 7.54. The van der Waals surface area contributed by atoms with Crippen LogP contribution in [0.15, 0.2) is 41.3 Å². The summed E-state index contributed by atoms with van der Waals surface area (Å²) < 4.78 is 15.3. The molecule has 6 heteroatoms. The van der Waals surface area contributed by atoms with Gasteiger partial charge in [-0.15, -0.1) is 11.3 Å². The molecule has 4 nitrogen and oxygen atoms in total. The first-order chi connectivity index (χ1) is 11.4. The molecule has 0 aliphatic rings. The number of nitrogens with one attached hydrogen (secondary N) is 1. The summed E-state index contributed by atoms with van der Waals surface area (Å²) in [6.07, 6.45) is 1.70. The predicted molar refractivity (Wildman–Crippen MR) is 94.1 cm³/mol. The summed E-state index contributed by atoms with van der Waals surface area (Å²) in [6.45, 7) is 3.66. The van der Waals surface area contributed by atoms with Crippen molar-refractivity contribution in [2.24, 2.45) is 7.05 Å². The van der Waals surface area contributed by atoms with Crippen molar-refractivity contribution in [3.63, 3.8) is 0 Å². The average molecular weight is 344 g/mol. The first kappa shape index (κ1) is 16.4. The van der Waals surface area contributed by atoms with Crippen LogP contribution in [0.2, 0.25) is 0 Å². The lowest BCUT2D eigenvalue weighted by molar-refractivity contribution is 0.0941. The van der Waals surface area contributed by atoms with E-state index in [1.165, 1.54) is 28.0 Å². The van der Waals surface area contributed by atoms with Crippen LogP contribution in [0.1, 0.15) is 33.8 Å². The molecule has 1 N–H and O–H groups in total. The zero-order valence-electron chi connectivity index (χ0n) is 13.6. The monoisotopic (exact) mass is 344 g/mol. The third-order valence-corrected chi connectivity index (χ3v) is 5.11. The van der Waals surface area contributed by atoms with E-state index in [-0.39, 0.29) is 23.3 Å². The van der Waals surface area contributed by atoms with Gasteiger partial charge in [-0.05, 0) is 37.6 Å². The van der Waals surface area contributed by atoms with Gasteiger partial charge >= 0.3 is 0 Å². The number of amides is 1. The molecule has 124 valence electrons. The fourth-order valence-electron chi connectivity index (χ4n) is 2.70. The van der Waals surface area contributed by atoms with Gasteiger partial charge in [0.1, 0.15) is 5.82 Å². The van der Waals surface area contributed by atoms with E-state index >= 15 is 0 Å². The lowest BCUT2D eigenvalue weighted by atomic mass is 10.1. The second-order valence-electron chi connectivity index (χ2n) is 5.75. The Bertz CT molecular complexity index is 973. The molecule has 0 bridgehead atoms. The normalized spacial score (nSPS) is 12.3. The molecule has 1 atom stereocenters. The van der Waals surface area contributed by atoms with Gasteiger partial charge in [0.2, 0.25) is 0 Å². The van der Waals surface area contributed by atoms with E-state index < -0.39 is 0 Å². The number of fused-ring (bicyclic) bond motifs is 1. The third-order valence-electron chi connectivity index (χ3n) is 4.04. The maximum atomic E-state index is 13.0. The van der Waals surface area contributed by atoms with Crippen LogP contribution < -0.4 is 10.9 Å². The first-order valence-corrected chi connectivity index (χ1v) is 8.35. The second-order valence-corrected chi connectivity index (χ2v) is 7.01. The number of hydrogen-bond donors (Lipinski definition) is 1. The molecule has 2 aromatic heterocycles. The SMILES string of the molecule is Cc1sc2ccn(C)c(=O)c2c1C(=O)NC(C)c1ccc(F)cc1. The molecule has 3 aromatic rings. The highest BCUT2D eigenvalue weighted by Gasteiger charge is 2.21. The topological polar surface area (TPSA) is 51.1 Å². The van der Waals surface area contributed by atoms with Crippen molar-refractivity contribution in [3.05, 3.63) is 68.7 Å². The standard InChI is InChI=1S/C18H17FN2O2S/c1-10(12-4-6-13(19)7-5-12)20-17(22)15-11(2)24-14-8-9-21(3)18(23)16(14)15/h4-10H,1-3H3,(H,20,22). The number of pyridine rings is 1. The molecule has 0 fully saturated rings. The van der Waals surface area contributed by atoms with Gasteiger partial charge in [-0.3, -0.25) is 9.59 Å². The Labute approximate surface area is 142 Å². The van der Waals surface area contributed by atoms with Crippen molar-refractivity contribution >= 4 is 27.3 Å². The second kappa shape index (κ2) is 6.20. The molecule has 0 aliphatic carbocycles. The summed E-state index contributed by atoms with van der Waals surface area (Å²) in [7, 11) is 1.66. The minimum Gasteiger partial charge on any atom is -0.345 e. The molecule has 1 aromatic carbocycles. The van der Waals surface area contributed by atoms with Crippen LogP contribution in [0.5, 0.6) is 0 Å². The minimum absolute atomic E-state index is 0.184. The number of rotatable bonds is 3. The van der Waals surface area contributed by atoms with Gasteiger partial charge < -0.3 is 9.88 Å². The van der Waals surface area contributed by atoms with Gasteiger partial charge in [-0.1, -0.05) is 12.1 Å². The van der Waals surface area contributed by atoms with E-state index in [1.54, 1.807) is 25.4 Å². The van der Waals surface area contributed by atoms with Crippen molar-refractivity contribution in [1.82, 2.24) is 9.88 Å². The fourth-order valence-corrected chi connectivity index (χ4v) is 3.74. The Hall–Kier alpha value is -2.47. The predicted octanol–water partition coefficient (Wildman–Crippen LogP) is 3.54. The Morgan fingerprint density at radius 1 is 1.25 bits per heavy atom. The van der Waals surface area contributed by atoms with Crippen LogP contribution in [0.3, 0.4) is 0 Å². The van der Waals surface area contributed by atoms with Gasteiger partial charge in [-0.25, -0.2) is 4.39 Å². The summed E-state index contributed by atoms with van der Waals surface area (Å²) in [5.41, 5.74) is 1.04. The largest absolute Gasteiger partial charge is 0.345 e. The number of nitrogens with zero attached hydrogens (tertiary/aromatic N) is 1. The highest BCUT2D eigenvalue weighted by molar-refractivity contribution is 7.19. The number of carbonyl (C=O) groups is 1. The van der Waals surface area contributed by atoms with Gasteiger partial charge in [0.05, 0.1) is 17.0 Å². The van der Waals surface area contributed by atoms with Crippen molar-refractivity contribution in [2.45, 2.75) is 19.9 Å². The van der Waals surface area contributed by atoms with Crippen molar-refractivity contribution in [3.8, 4) is 0 Å². The van der Waals surface area contributed by atoms with E-state index in [2.05, 4.69) is 5.32 Å². The molecule has 0 aliphatic heterocycles. The fraction of sp³-hybridized carbons (Fsp3) is 0.222. The van der Waals surface area contributed by atoms with E-state index in [0.717, 1.165) is 15.1 Å². The molecule has 3 rings (SSSR count). The molecule has 1 amide bonds. The van der Waals surface area contributed by atoms with Crippen molar-refractivity contribution in [2.75, 3.05) is 0 Å². The van der Waals surface area contributed by atoms with Crippen LogP contribution in [-0.4, -0.2) is 10.5 Å². The smallest absolute Gasteiger partial charge is 0.259 e. The van der Waals surface area contributed by atoms with Crippen molar-refractivity contribution < 1.29 is 9.18 Å². The number of aromatic nitrogens is 1. The van der Waals surface area contributed by atoms with Gasteiger partial charge in [0, 0.05) is 22.8 Å². The third kappa shape index (κ3) is 2.85. The molecule has 24 heavy (non-hydrogen) atoms. The van der Waals surface area contributed by atoms with Gasteiger partial charge in [0.25, 0.3) is 11.5 Å². The molecule has 0 spiro atoms. The minimum atomic E-state index is -0.319. The van der Waals surface area contributed by atoms with Gasteiger partial charge in [0.15, 0.2) is 0 Å². The van der Waals surface area contributed by atoms with Crippen molar-refractivity contribution in [1.29, 1.82) is 0 Å². The van der Waals surface area contributed by atoms with E-state index in [1.807, 2.05) is 19.9 Å². The molecule has 1 unspecified atom stereocenters. The number of hydrogen-bond acceptors (Lipinski definition) is 3. The Kier molecular flexibility index (Phi) is 4.24. The van der Waals surface area contributed by atoms with Gasteiger partial charge in [-0.2, -0.15) is 0 Å². The van der Waals surface area contributed by atoms with Crippen LogP contribution in [0.25, 0.3) is 10.1 Å². The quantitative estimate of drug-likeness (QED) is 0.790. The molecule has 0 radical (unpaired) electrons. The summed E-state index contributed by atoms with van der Waals surface area (Å²) >= 11 is 1.43. The highest BCUT2D eigenvalue weighted by Crippen LogP contribution is 2.28. The number of aryl methyl sites for hydroxylation is 2. The van der Waals surface area contributed by atoms with E-state index in [0.29, 0.717) is 10.9 Å². The number of halogens is 1. The molecular formula is C18H17FN2O2S. The molecule has 0 saturated carbocycles. The van der Waals surface area contributed by atoms with Crippen LogP contribution in [0.4, 0.5) is 4.39 Å².